The molecule has 28 heavy (non-hydrogen) atoms. The fraction of sp³-hybridized carbons (Fsp3) is 0.333. The molecule has 1 aliphatic rings. The number of carbonyl (C=O) groups is 1. The highest BCUT2D eigenvalue weighted by Crippen LogP contribution is 2.17. The largest absolute Gasteiger partial charge is 0.437 e. The molecular formula is C18H19ClN6O3. The molecule has 0 unspecified atom stereocenters. The number of aromatic nitrogens is 4. The Balaban J connectivity index is 1.45. The van der Waals surface area contributed by atoms with Crippen LogP contribution in [0.3, 0.4) is 0 Å². The molecule has 0 saturated carbocycles. The molecule has 0 fully saturated rings. The Kier molecular flexibility index (Phi) is 4.68. The minimum absolute atomic E-state index is 0.0959. The molecule has 0 aliphatic carbocycles. The van der Waals surface area contributed by atoms with Crippen LogP contribution in [-0.4, -0.2) is 36.9 Å². The van der Waals surface area contributed by atoms with Crippen molar-refractivity contribution in [1.82, 2.24) is 24.3 Å². The van der Waals surface area contributed by atoms with Gasteiger partial charge in [0.1, 0.15) is 19.0 Å². The van der Waals surface area contributed by atoms with Crippen molar-refractivity contribution in [2.75, 3.05) is 12.1 Å². The lowest BCUT2D eigenvalue weighted by atomic mass is 10.1. The summed E-state index contributed by atoms with van der Waals surface area (Å²) in [7, 11) is 0. The second-order valence-electron chi connectivity index (χ2n) is 6.61. The molecule has 1 aliphatic heterocycles. The van der Waals surface area contributed by atoms with E-state index in [1.54, 1.807) is 23.7 Å². The predicted octanol–water partition coefficient (Wildman–Crippen LogP) is 1.70. The Morgan fingerprint density at radius 1 is 1.21 bits per heavy atom. The maximum atomic E-state index is 12.7. The number of rotatable bonds is 5. The number of halogens is 1. The van der Waals surface area contributed by atoms with Crippen molar-refractivity contribution in [3.8, 4) is 0 Å². The standard InChI is InChI=1S/C18H19ClN6O3/c1-11-16-17(26)23(10-20-25(16)12(2)21-11)9-15-22-24(18(27)28-15)8-7-13-3-5-14(19)6-4-13/h3-6,20H,7-10H2,1-2H3. The van der Waals surface area contributed by atoms with Crippen molar-refractivity contribution >= 4 is 17.5 Å². The fourth-order valence-electron chi connectivity index (χ4n) is 3.22. The lowest BCUT2D eigenvalue weighted by Crippen LogP contribution is -2.45. The van der Waals surface area contributed by atoms with Crippen LogP contribution in [0.25, 0.3) is 0 Å². The molecule has 0 atom stereocenters. The molecule has 1 N–H and O–H groups in total. The number of fused-ring (bicyclic) bond motifs is 1. The van der Waals surface area contributed by atoms with E-state index in [4.69, 9.17) is 16.0 Å². The molecule has 4 rings (SSSR count). The van der Waals surface area contributed by atoms with Gasteiger partial charge in [0, 0.05) is 5.02 Å². The Labute approximate surface area is 165 Å². The zero-order valence-corrected chi connectivity index (χ0v) is 16.2. The maximum absolute atomic E-state index is 12.7. The van der Waals surface area contributed by atoms with Crippen molar-refractivity contribution in [3.63, 3.8) is 0 Å². The molecule has 2 aromatic heterocycles. The Morgan fingerprint density at radius 3 is 2.71 bits per heavy atom. The number of carbonyl (C=O) groups excluding carboxylic acids is 1. The first-order valence-corrected chi connectivity index (χ1v) is 9.20. The first-order valence-electron chi connectivity index (χ1n) is 8.83. The Morgan fingerprint density at radius 2 is 1.96 bits per heavy atom. The molecule has 1 amide bonds. The molecule has 0 saturated heterocycles. The van der Waals surface area contributed by atoms with Crippen LogP contribution in [0, 0.1) is 13.8 Å². The smallest absolute Gasteiger partial charge is 0.390 e. The third kappa shape index (κ3) is 3.40. The van der Waals surface area contributed by atoms with Crippen molar-refractivity contribution in [2.45, 2.75) is 33.4 Å². The van der Waals surface area contributed by atoms with Crippen LogP contribution in [-0.2, 0) is 19.5 Å². The van der Waals surface area contributed by atoms with E-state index in [9.17, 15) is 9.59 Å². The van der Waals surface area contributed by atoms with Crippen LogP contribution >= 0.6 is 11.6 Å². The average molecular weight is 403 g/mol. The summed E-state index contributed by atoms with van der Waals surface area (Å²) < 4.78 is 8.17. The molecule has 0 radical (unpaired) electrons. The number of benzene rings is 1. The van der Waals surface area contributed by atoms with E-state index in [1.807, 2.05) is 19.1 Å². The molecule has 0 bridgehead atoms. The van der Waals surface area contributed by atoms with Crippen molar-refractivity contribution in [3.05, 3.63) is 68.5 Å². The lowest BCUT2D eigenvalue weighted by molar-refractivity contribution is 0.0698. The highest BCUT2D eigenvalue weighted by molar-refractivity contribution is 6.30. The predicted molar refractivity (Wildman–Crippen MR) is 102 cm³/mol. The van der Waals surface area contributed by atoms with Gasteiger partial charge in [-0.2, -0.15) is 4.68 Å². The number of hydrogen-bond donors (Lipinski definition) is 1. The van der Waals surface area contributed by atoms with Gasteiger partial charge in [0.05, 0.1) is 12.2 Å². The van der Waals surface area contributed by atoms with E-state index in [-0.39, 0.29) is 25.0 Å². The summed E-state index contributed by atoms with van der Waals surface area (Å²) in [6.07, 6.45) is 0.616. The number of hydrogen-bond acceptors (Lipinski definition) is 6. The zero-order chi connectivity index (χ0) is 19.8. The zero-order valence-electron chi connectivity index (χ0n) is 15.5. The van der Waals surface area contributed by atoms with E-state index in [0.29, 0.717) is 29.4 Å². The average Bonchev–Trinajstić information content (AvgIpc) is 3.16. The molecule has 146 valence electrons. The number of nitrogens with one attached hydrogen (secondary N) is 1. The van der Waals surface area contributed by atoms with Crippen LogP contribution in [0.15, 0.2) is 33.5 Å². The summed E-state index contributed by atoms with van der Waals surface area (Å²) in [5, 5.41) is 4.89. The molecule has 3 heterocycles. The minimum Gasteiger partial charge on any atom is -0.390 e. The Bertz CT molecular complexity index is 1080. The second kappa shape index (κ2) is 7.16. The van der Waals surface area contributed by atoms with Gasteiger partial charge in [-0.15, -0.1) is 5.10 Å². The summed E-state index contributed by atoms with van der Waals surface area (Å²) in [5.74, 6) is 0.186. The van der Waals surface area contributed by atoms with Gasteiger partial charge < -0.3 is 14.7 Å². The third-order valence-electron chi connectivity index (χ3n) is 4.63. The quantitative estimate of drug-likeness (QED) is 0.697. The van der Waals surface area contributed by atoms with Crippen LogP contribution in [0.5, 0.6) is 0 Å². The van der Waals surface area contributed by atoms with Crippen LogP contribution in [0.2, 0.25) is 5.02 Å². The van der Waals surface area contributed by atoms with Crippen LogP contribution < -0.4 is 11.2 Å². The van der Waals surface area contributed by atoms with Gasteiger partial charge in [-0.3, -0.25) is 4.79 Å². The van der Waals surface area contributed by atoms with E-state index in [2.05, 4.69) is 15.5 Å². The molecule has 0 spiro atoms. The number of amides is 1. The summed E-state index contributed by atoms with van der Waals surface area (Å²) in [6, 6.07) is 7.41. The lowest BCUT2D eigenvalue weighted by Gasteiger charge is -2.28. The molecular weight excluding hydrogens is 384 g/mol. The fourth-order valence-corrected chi connectivity index (χ4v) is 3.35. The number of imidazole rings is 1. The summed E-state index contributed by atoms with van der Waals surface area (Å²) in [5.41, 5.74) is 5.28. The van der Waals surface area contributed by atoms with Crippen molar-refractivity contribution < 1.29 is 9.21 Å². The van der Waals surface area contributed by atoms with E-state index in [0.717, 1.165) is 11.4 Å². The van der Waals surface area contributed by atoms with Gasteiger partial charge in [-0.05, 0) is 38.0 Å². The Hall–Kier alpha value is -3.07. The van der Waals surface area contributed by atoms with Gasteiger partial charge >= 0.3 is 5.76 Å². The van der Waals surface area contributed by atoms with Gasteiger partial charge in [0.2, 0.25) is 5.89 Å². The summed E-state index contributed by atoms with van der Waals surface area (Å²) in [6.45, 7) is 4.35. The maximum Gasteiger partial charge on any atom is 0.437 e. The van der Waals surface area contributed by atoms with Gasteiger partial charge in [0.25, 0.3) is 5.91 Å². The van der Waals surface area contributed by atoms with Gasteiger partial charge in [-0.25, -0.2) is 14.5 Å². The van der Waals surface area contributed by atoms with Crippen molar-refractivity contribution in [1.29, 1.82) is 0 Å². The van der Waals surface area contributed by atoms with E-state index >= 15 is 0 Å². The topological polar surface area (TPSA) is 98.2 Å². The minimum atomic E-state index is -0.543. The molecule has 9 nitrogen and oxygen atoms in total. The molecule has 10 heteroatoms. The van der Waals surface area contributed by atoms with Gasteiger partial charge in [-0.1, -0.05) is 23.7 Å². The number of nitrogens with zero attached hydrogens (tertiary/aromatic N) is 5. The van der Waals surface area contributed by atoms with E-state index in [1.165, 1.54) is 9.58 Å². The van der Waals surface area contributed by atoms with Crippen molar-refractivity contribution in [2.24, 2.45) is 0 Å². The van der Waals surface area contributed by atoms with Crippen LogP contribution in [0.1, 0.15) is 33.5 Å². The highest BCUT2D eigenvalue weighted by atomic mass is 35.5. The first kappa shape index (κ1) is 18.3. The molecule has 3 aromatic rings. The van der Waals surface area contributed by atoms with E-state index < -0.39 is 5.76 Å². The first-order chi connectivity index (χ1) is 13.4. The normalized spacial score (nSPS) is 13.5. The van der Waals surface area contributed by atoms with Gasteiger partial charge in [0.15, 0.2) is 5.69 Å². The monoisotopic (exact) mass is 402 g/mol. The summed E-state index contributed by atoms with van der Waals surface area (Å²) in [4.78, 5) is 30.7. The molecule has 1 aromatic carbocycles. The van der Waals surface area contributed by atoms with Crippen LogP contribution in [0.4, 0.5) is 0 Å². The SMILES string of the molecule is Cc1nc(C)n2c1C(=O)N(Cc1nn(CCc3ccc(Cl)cc3)c(=O)o1)CN2. The highest BCUT2D eigenvalue weighted by Gasteiger charge is 2.29. The third-order valence-corrected chi connectivity index (χ3v) is 4.88. The number of aryl methyl sites for hydroxylation is 4. The summed E-state index contributed by atoms with van der Waals surface area (Å²) >= 11 is 5.88. The second-order valence-corrected chi connectivity index (χ2v) is 7.05.